The molecule has 0 radical (unpaired) electrons. The lowest BCUT2D eigenvalue weighted by atomic mass is 10.1. The van der Waals surface area contributed by atoms with E-state index < -0.39 is 0 Å². The van der Waals surface area contributed by atoms with Gasteiger partial charge in [0.05, 0.1) is 16.7 Å². The number of allylic oxidation sites excluding steroid dienone is 2. The van der Waals surface area contributed by atoms with Crippen molar-refractivity contribution in [1.29, 1.82) is 0 Å². The quantitative estimate of drug-likeness (QED) is 0.294. The lowest BCUT2D eigenvalue weighted by molar-refractivity contribution is 0.619. The molecule has 0 spiro atoms. The predicted octanol–water partition coefficient (Wildman–Crippen LogP) is 7.57. The first-order valence-electron chi connectivity index (χ1n) is 9.63. The van der Waals surface area contributed by atoms with Gasteiger partial charge >= 0.3 is 0 Å². The molecule has 3 aromatic carbocycles. The van der Waals surface area contributed by atoms with Crippen LogP contribution < -0.4 is 0 Å². The van der Waals surface area contributed by atoms with Gasteiger partial charge in [-0.15, -0.1) is 0 Å². The summed E-state index contributed by atoms with van der Waals surface area (Å²) in [4.78, 5) is 8.30. The molecule has 0 aliphatic heterocycles. The summed E-state index contributed by atoms with van der Waals surface area (Å²) in [6.45, 7) is 4.04. The van der Waals surface area contributed by atoms with Crippen molar-refractivity contribution >= 4 is 46.0 Å². The highest BCUT2D eigenvalue weighted by Gasteiger charge is 2.10. The van der Waals surface area contributed by atoms with Crippen LogP contribution in [0.25, 0.3) is 22.3 Å². The number of imidazole rings is 1. The van der Waals surface area contributed by atoms with Crippen LogP contribution in [0.15, 0.2) is 78.1 Å². The Kier molecular flexibility index (Phi) is 7.61. The zero-order valence-electron chi connectivity index (χ0n) is 17.5. The molecular weight excluding hydrogens is 432 g/mol. The summed E-state index contributed by atoms with van der Waals surface area (Å²) in [5.74, 6) is -0.382. The largest absolute Gasteiger partial charge is 0.297 e. The molecule has 0 atom stereocenters. The molecule has 1 heterocycles. The lowest BCUT2D eigenvalue weighted by Crippen LogP contribution is -1.96. The number of hydrogen-bond acceptors (Lipinski definition) is 2. The van der Waals surface area contributed by atoms with E-state index in [2.05, 4.69) is 9.98 Å². The topological polar surface area (TPSA) is 30.2 Å². The third kappa shape index (κ3) is 5.81. The summed E-state index contributed by atoms with van der Waals surface area (Å²) in [6.07, 6.45) is 5.30. The Bertz CT molecular complexity index is 1220. The third-order valence-electron chi connectivity index (χ3n) is 4.66. The third-order valence-corrected chi connectivity index (χ3v) is 5.14. The van der Waals surface area contributed by atoms with Crippen LogP contribution in [0.3, 0.4) is 0 Å². The standard InChI is InChI=1S/C18H15ClFN3.C7H7Cl/c1-12(7-8-21-2)13-3-5-16-18(9-13)23(11-22-16)17-6-4-14(19)10-15(17)20;1-6-2-4-7(8)5-3-6/h3-11H,1-2H3;2-5H,1H3/b12-7+,21-8?;. The van der Waals surface area contributed by atoms with Gasteiger partial charge in [0, 0.05) is 23.3 Å². The summed E-state index contributed by atoms with van der Waals surface area (Å²) in [5, 5.41) is 1.17. The number of aromatic nitrogens is 2. The van der Waals surface area contributed by atoms with Gasteiger partial charge in [-0.25, -0.2) is 9.37 Å². The first kappa shape index (κ1) is 22.7. The second-order valence-corrected chi connectivity index (χ2v) is 7.84. The van der Waals surface area contributed by atoms with Crippen LogP contribution in [0.2, 0.25) is 10.0 Å². The van der Waals surface area contributed by atoms with E-state index in [1.807, 2.05) is 62.4 Å². The molecule has 0 fully saturated rings. The molecule has 4 rings (SSSR count). The average molecular weight is 454 g/mol. The summed E-state index contributed by atoms with van der Waals surface area (Å²) in [5.41, 5.74) is 5.42. The van der Waals surface area contributed by atoms with Gasteiger partial charge in [-0.2, -0.15) is 0 Å². The molecule has 31 heavy (non-hydrogen) atoms. The Hall–Kier alpha value is -2.95. The van der Waals surface area contributed by atoms with Gasteiger partial charge in [-0.1, -0.05) is 47.0 Å². The minimum Gasteiger partial charge on any atom is -0.297 e. The fourth-order valence-electron chi connectivity index (χ4n) is 2.94. The van der Waals surface area contributed by atoms with E-state index in [4.69, 9.17) is 23.2 Å². The van der Waals surface area contributed by atoms with E-state index in [9.17, 15) is 4.39 Å². The second kappa shape index (κ2) is 10.4. The molecule has 0 saturated heterocycles. The monoisotopic (exact) mass is 453 g/mol. The molecule has 0 unspecified atom stereocenters. The highest BCUT2D eigenvalue weighted by Crippen LogP contribution is 2.25. The highest BCUT2D eigenvalue weighted by molar-refractivity contribution is 6.30. The number of nitrogens with zero attached hydrogens (tertiary/aromatic N) is 3. The van der Waals surface area contributed by atoms with Gasteiger partial charge in [0.2, 0.25) is 0 Å². The van der Waals surface area contributed by atoms with E-state index in [1.54, 1.807) is 36.3 Å². The maximum Gasteiger partial charge on any atom is 0.148 e. The van der Waals surface area contributed by atoms with Crippen molar-refractivity contribution in [3.63, 3.8) is 0 Å². The first-order chi connectivity index (χ1) is 14.9. The second-order valence-electron chi connectivity index (χ2n) is 6.97. The van der Waals surface area contributed by atoms with Crippen molar-refractivity contribution in [3.05, 3.63) is 100 Å². The van der Waals surface area contributed by atoms with Gasteiger partial charge in [0.15, 0.2) is 0 Å². The molecule has 3 nitrogen and oxygen atoms in total. The highest BCUT2D eigenvalue weighted by atomic mass is 35.5. The fourth-order valence-corrected chi connectivity index (χ4v) is 3.22. The van der Waals surface area contributed by atoms with Crippen LogP contribution in [0.5, 0.6) is 0 Å². The first-order valence-corrected chi connectivity index (χ1v) is 10.4. The smallest absolute Gasteiger partial charge is 0.148 e. The van der Waals surface area contributed by atoms with Crippen LogP contribution in [0.4, 0.5) is 4.39 Å². The Morgan fingerprint density at radius 2 is 1.71 bits per heavy atom. The Morgan fingerprint density at radius 3 is 2.35 bits per heavy atom. The van der Waals surface area contributed by atoms with Gasteiger partial charge in [-0.3, -0.25) is 9.56 Å². The number of benzene rings is 3. The van der Waals surface area contributed by atoms with Crippen molar-refractivity contribution in [2.45, 2.75) is 13.8 Å². The van der Waals surface area contributed by atoms with Crippen molar-refractivity contribution in [1.82, 2.24) is 9.55 Å². The summed E-state index contributed by atoms with van der Waals surface area (Å²) in [6, 6.07) is 18.3. The average Bonchev–Trinajstić information content (AvgIpc) is 3.17. The summed E-state index contributed by atoms with van der Waals surface area (Å²) < 4.78 is 15.9. The van der Waals surface area contributed by atoms with Crippen molar-refractivity contribution in [3.8, 4) is 5.69 Å². The van der Waals surface area contributed by atoms with Crippen molar-refractivity contribution in [2.75, 3.05) is 7.05 Å². The van der Waals surface area contributed by atoms with E-state index in [1.165, 1.54) is 11.6 Å². The van der Waals surface area contributed by atoms with Crippen LogP contribution in [-0.2, 0) is 0 Å². The van der Waals surface area contributed by atoms with E-state index in [-0.39, 0.29) is 5.82 Å². The molecule has 0 aliphatic rings. The predicted molar refractivity (Wildman–Crippen MR) is 130 cm³/mol. The van der Waals surface area contributed by atoms with E-state index >= 15 is 0 Å². The normalized spacial score (nSPS) is 11.6. The number of hydrogen-bond donors (Lipinski definition) is 0. The van der Waals surface area contributed by atoms with E-state index in [0.29, 0.717) is 10.7 Å². The molecule has 0 saturated carbocycles. The zero-order valence-corrected chi connectivity index (χ0v) is 19.0. The molecule has 0 amide bonds. The molecule has 0 bridgehead atoms. The molecule has 0 N–H and O–H groups in total. The number of fused-ring (bicyclic) bond motifs is 1. The SMILES string of the molecule is CN=C/C=C(\C)c1ccc2ncn(-c3ccc(Cl)cc3F)c2c1.Cc1ccc(Cl)cc1. The van der Waals surface area contributed by atoms with Gasteiger partial charge < -0.3 is 0 Å². The summed E-state index contributed by atoms with van der Waals surface area (Å²) in [7, 11) is 1.73. The maximum absolute atomic E-state index is 14.2. The Balaban J connectivity index is 0.000000287. The van der Waals surface area contributed by atoms with Crippen LogP contribution in [0, 0.1) is 12.7 Å². The number of rotatable bonds is 3. The number of aryl methyl sites for hydroxylation is 1. The van der Waals surface area contributed by atoms with Gasteiger partial charge in [-0.05, 0) is 73.5 Å². The number of aliphatic imine (C=N–C) groups is 1. The lowest BCUT2D eigenvalue weighted by Gasteiger charge is -2.07. The zero-order chi connectivity index (χ0) is 22.4. The van der Waals surface area contributed by atoms with Crippen LogP contribution in [-0.4, -0.2) is 22.8 Å². The molecule has 6 heteroatoms. The minimum atomic E-state index is -0.382. The molecule has 158 valence electrons. The molecule has 1 aromatic heterocycles. The number of halogens is 3. The van der Waals surface area contributed by atoms with Gasteiger partial charge in [0.1, 0.15) is 12.1 Å². The fraction of sp³-hybridized carbons (Fsp3) is 0.120. The van der Waals surface area contributed by atoms with Crippen molar-refractivity contribution in [2.24, 2.45) is 4.99 Å². The summed E-state index contributed by atoms with van der Waals surface area (Å²) >= 11 is 11.4. The van der Waals surface area contributed by atoms with Crippen molar-refractivity contribution < 1.29 is 4.39 Å². The Labute approximate surface area is 191 Å². The Morgan fingerprint density at radius 1 is 1.00 bits per heavy atom. The van der Waals surface area contributed by atoms with E-state index in [0.717, 1.165) is 27.2 Å². The van der Waals surface area contributed by atoms with Crippen LogP contribution >= 0.6 is 23.2 Å². The molecular formula is C25H22Cl2FN3. The van der Waals surface area contributed by atoms with Gasteiger partial charge in [0.25, 0.3) is 0 Å². The molecule has 4 aromatic rings. The minimum absolute atomic E-state index is 0.369. The maximum atomic E-state index is 14.2. The molecule has 0 aliphatic carbocycles. The van der Waals surface area contributed by atoms with Crippen LogP contribution in [0.1, 0.15) is 18.1 Å².